The summed E-state index contributed by atoms with van der Waals surface area (Å²) in [5.41, 5.74) is 4.43. The quantitative estimate of drug-likeness (QED) is 0.352. The number of carbonyl (C=O) groups excluding carboxylic acids is 1. The lowest BCUT2D eigenvalue weighted by molar-refractivity contribution is 0.102. The normalized spacial score (nSPS) is 13.5. The maximum Gasteiger partial charge on any atom is 0.259 e. The van der Waals surface area contributed by atoms with Gasteiger partial charge in [0.1, 0.15) is 17.3 Å². The van der Waals surface area contributed by atoms with E-state index >= 15 is 0 Å². The number of nitrogens with one attached hydrogen (secondary N) is 1. The zero-order chi connectivity index (χ0) is 24.8. The van der Waals surface area contributed by atoms with Gasteiger partial charge in [0.15, 0.2) is 5.82 Å². The van der Waals surface area contributed by atoms with E-state index < -0.39 is 0 Å². The highest BCUT2D eigenvalue weighted by Gasteiger charge is 2.22. The molecule has 36 heavy (non-hydrogen) atoms. The van der Waals surface area contributed by atoms with Crippen molar-refractivity contribution in [1.82, 2.24) is 24.9 Å². The number of anilines is 1. The first-order valence-corrected chi connectivity index (χ1v) is 12.2. The number of fused-ring (bicyclic) bond motifs is 2. The summed E-state index contributed by atoms with van der Waals surface area (Å²) >= 11 is 0. The summed E-state index contributed by atoms with van der Waals surface area (Å²) in [5.74, 6) is 3.15. The van der Waals surface area contributed by atoms with Gasteiger partial charge in [-0.3, -0.25) is 4.79 Å². The summed E-state index contributed by atoms with van der Waals surface area (Å²) in [6.45, 7) is 6.48. The monoisotopic (exact) mass is 482 g/mol. The lowest BCUT2D eigenvalue weighted by Crippen LogP contribution is -2.13. The number of hydrogen-bond acceptors (Lipinski definition) is 7. The van der Waals surface area contributed by atoms with Gasteiger partial charge in [0.05, 0.1) is 22.3 Å². The number of aromatic nitrogens is 5. The minimum absolute atomic E-state index is 0.267. The Morgan fingerprint density at radius 3 is 2.64 bits per heavy atom. The van der Waals surface area contributed by atoms with E-state index in [0.29, 0.717) is 33.7 Å². The summed E-state index contributed by atoms with van der Waals surface area (Å²) in [6.07, 6.45) is 4.46. The number of amides is 1. The first-order valence-electron chi connectivity index (χ1n) is 12.2. The molecule has 0 spiro atoms. The second-order valence-corrected chi connectivity index (χ2v) is 9.26. The molecule has 0 fully saturated rings. The molecule has 0 atom stereocenters. The van der Waals surface area contributed by atoms with Gasteiger partial charge in [-0.25, -0.2) is 4.98 Å². The Bertz CT molecular complexity index is 1590. The van der Waals surface area contributed by atoms with Crippen LogP contribution in [0.4, 0.5) is 5.69 Å². The van der Waals surface area contributed by atoms with E-state index in [4.69, 9.17) is 8.94 Å². The molecule has 0 saturated carbocycles. The molecule has 1 aliphatic rings. The second kappa shape index (κ2) is 8.75. The van der Waals surface area contributed by atoms with Crippen LogP contribution in [0, 0.1) is 20.8 Å². The fourth-order valence-corrected chi connectivity index (χ4v) is 4.90. The van der Waals surface area contributed by atoms with Gasteiger partial charge in [0.25, 0.3) is 11.6 Å². The van der Waals surface area contributed by atoms with E-state index in [1.165, 1.54) is 6.42 Å². The first kappa shape index (κ1) is 22.2. The van der Waals surface area contributed by atoms with E-state index in [1.807, 2.05) is 44.2 Å². The van der Waals surface area contributed by atoms with Crippen molar-refractivity contribution in [3.63, 3.8) is 0 Å². The highest BCUT2D eigenvalue weighted by atomic mass is 16.5. The standard InChI is InChI=1S/C27H26N6O3/c1-15-13-20(17(3)35-15)22-14-21(24-16(2)32-36-27(24)29-22)26(34)28-19-10-8-18(9-11-19)25-31-30-23-7-5-4-6-12-33(23)25/h8-11,13-14H,4-7,12H2,1-3H3,(H,28,34). The highest BCUT2D eigenvalue weighted by molar-refractivity contribution is 6.13. The van der Waals surface area contributed by atoms with Crippen molar-refractivity contribution in [2.75, 3.05) is 5.32 Å². The van der Waals surface area contributed by atoms with Crippen LogP contribution in [0.3, 0.4) is 0 Å². The molecule has 6 rings (SSSR count). The largest absolute Gasteiger partial charge is 0.466 e. The number of nitrogens with zero attached hydrogens (tertiary/aromatic N) is 5. The SMILES string of the molecule is Cc1cc(-c2cc(C(=O)Nc3ccc(-c4nnc5n4CCCCC5)cc3)c3c(C)noc3n2)c(C)o1. The lowest BCUT2D eigenvalue weighted by Gasteiger charge is -2.10. The Morgan fingerprint density at radius 2 is 1.86 bits per heavy atom. The Morgan fingerprint density at radius 1 is 1.03 bits per heavy atom. The average molecular weight is 483 g/mol. The number of carbonyl (C=O) groups is 1. The van der Waals surface area contributed by atoms with E-state index in [-0.39, 0.29) is 5.91 Å². The summed E-state index contributed by atoms with van der Waals surface area (Å²) in [7, 11) is 0. The Kier molecular flexibility index (Phi) is 5.40. The van der Waals surface area contributed by atoms with Crippen LogP contribution in [0.25, 0.3) is 33.7 Å². The molecule has 9 nitrogen and oxygen atoms in total. The smallest absolute Gasteiger partial charge is 0.259 e. The number of pyridine rings is 1. The van der Waals surface area contributed by atoms with Crippen molar-refractivity contribution in [1.29, 1.82) is 0 Å². The third-order valence-corrected chi connectivity index (χ3v) is 6.69. The number of furan rings is 1. The third kappa shape index (κ3) is 3.86. The molecule has 0 saturated heterocycles. The van der Waals surface area contributed by atoms with Gasteiger partial charge < -0.3 is 18.8 Å². The van der Waals surface area contributed by atoms with Crippen molar-refractivity contribution in [2.24, 2.45) is 0 Å². The van der Waals surface area contributed by atoms with Crippen molar-refractivity contribution in [3.8, 4) is 22.6 Å². The van der Waals surface area contributed by atoms with Crippen LogP contribution in [-0.4, -0.2) is 30.8 Å². The van der Waals surface area contributed by atoms with Gasteiger partial charge in [-0.15, -0.1) is 10.2 Å². The summed E-state index contributed by atoms with van der Waals surface area (Å²) in [4.78, 5) is 18.0. The van der Waals surface area contributed by atoms with E-state index in [0.717, 1.165) is 60.1 Å². The minimum Gasteiger partial charge on any atom is -0.466 e. The molecule has 1 aromatic carbocycles. The molecule has 5 heterocycles. The van der Waals surface area contributed by atoms with Crippen LogP contribution in [0.5, 0.6) is 0 Å². The zero-order valence-corrected chi connectivity index (χ0v) is 20.5. The Labute approximate surface area is 207 Å². The van der Waals surface area contributed by atoms with Crippen LogP contribution < -0.4 is 5.32 Å². The maximum atomic E-state index is 13.4. The second-order valence-electron chi connectivity index (χ2n) is 9.26. The number of benzene rings is 1. The van der Waals surface area contributed by atoms with E-state index in [2.05, 4.69) is 30.2 Å². The van der Waals surface area contributed by atoms with E-state index in [1.54, 1.807) is 13.0 Å². The molecule has 1 aliphatic heterocycles. The summed E-state index contributed by atoms with van der Waals surface area (Å²) in [5, 5.41) is 16.5. The predicted molar refractivity (Wildman–Crippen MR) is 135 cm³/mol. The molecule has 1 amide bonds. The van der Waals surface area contributed by atoms with Crippen molar-refractivity contribution in [3.05, 3.63) is 65.0 Å². The van der Waals surface area contributed by atoms with Gasteiger partial charge >= 0.3 is 0 Å². The molecule has 1 N–H and O–H groups in total. The topological polar surface area (TPSA) is 112 Å². The molecule has 5 aromatic rings. The van der Waals surface area contributed by atoms with Gasteiger partial charge in [0, 0.05) is 29.8 Å². The third-order valence-electron chi connectivity index (χ3n) is 6.69. The summed E-state index contributed by atoms with van der Waals surface area (Å²) < 4.78 is 13.3. The minimum atomic E-state index is -0.267. The van der Waals surface area contributed by atoms with E-state index in [9.17, 15) is 4.79 Å². The van der Waals surface area contributed by atoms with Crippen molar-refractivity contribution >= 4 is 22.7 Å². The molecule has 0 aliphatic carbocycles. The Balaban J connectivity index is 1.31. The molecule has 0 unspecified atom stereocenters. The molecular weight excluding hydrogens is 456 g/mol. The highest BCUT2D eigenvalue weighted by Crippen LogP contribution is 2.31. The fraction of sp³-hybridized carbons (Fsp3) is 0.296. The van der Waals surface area contributed by atoms with Crippen LogP contribution in [0.15, 0.2) is 45.3 Å². The van der Waals surface area contributed by atoms with Crippen LogP contribution in [0.1, 0.15) is 52.7 Å². The average Bonchev–Trinajstić information content (AvgIpc) is 3.50. The van der Waals surface area contributed by atoms with Crippen LogP contribution >= 0.6 is 0 Å². The number of rotatable bonds is 4. The maximum absolute atomic E-state index is 13.4. The molecule has 9 heteroatoms. The van der Waals surface area contributed by atoms with Crippen LogP contribution in [0.2, 0.25) is 0 Å². The number of hydrogen-bond donors (Lipinski definition) is 1. The predicted octanol–water partition coefficient (Wildman–Crippen LogP) is 5.65. The van der Waals surface area contributed by atoms with Gasteiger partial charge in [-0.1, -0.05) is 11.6 Å². The molecule has 182 valence electrons. The van der Waals surface area contributed by atoms with Crippen molar-refractivity contribution in [2.45, 2.75) is 53.0 Å². The fourth-order valence-electron chi connectivity index (χ4n) is 4.90. The summed E-state index contributed by atoms with van der Waals surface area (Å²) in [6, 6.07) is 11.4. The molecular formula is C27H26N6O3. The zero-order valence-electron chi connectivity index (χ0n) is 20.5. The van der Waals surface area contributed by atoms with Gasteiger partial charge in [-0.05, 0) is 70.0 Å². The van der Waals surface area contributed by atoms with Gasteiger partial charge in [-0.2, -0.15) is 0 Å². The van der Waals surface area contributed by atoms with Crippen LogP contribution in [-0.2, 0) is 13.0 Å². The number of aryl methyl sites for hydroxylation is 4. The first-order chi connectivity index (χ1) is 17.5. The molecule has 4 aromatic heterocycles. The van der Waals surface area contributed by atoms with Crippen molar-refractivity contribution < 1.29 is 13.7 Å². The lowest BCUT2D eigenvalue weighted by atomic mass is 10.1. The van der Waals surface area contributed by atoms with Gasteiger partial charge in [0.2, 0.25) is 0 Å². The molecule has 0 bridgehead atoms. The molecule has 0 radical (unpaired) electrons. The Hall–Kier alpha value is -4.27.